The minimum atomic E-state index is 0.0482. The molecule has 0 unspecified atom stereocenters. The average molecular weight is 250 g/mol. The van der Waals surface area contributed by atoms with Gasteiger partial charge < -0.3 is 5.32 Å². The van der Waals surface area contributed by atoms with Gasteiger partial charge in [-0.3, -0.25) is 14.4 Å². The quantitative estimate of drug-likeness (QED) is 0.882. The van der Waals surface area contributed by atoms with Crippen molar-refractivity contribution in [1.82, 2.24) is 14.7 Å². The maximum atomic E-state index is 12.0. The fraction of sp³-hybridized carbons (Fsp3) is 0.692. The minimum Gasteiger partial charge on any atom is -0.310 e. The number of anilines is 1. The van der Waals surface area contributed by atoms with Crippen LogP contribution in [0.25, 0.3) is 0 Å². The van der Waals surface area contributed by atoms with Crippen molar-refractivity contribution in [3.05, 3.63) is 11.8 Å². The molecule has 1 aromatic heterocycles. The fourth-order valence-electron chi connectivity index (χ4n) is 2.54. The molecule has 5 nitrogen and oxygen atoms in total. The highest BCUT2D eigenvalue weighted by Gasteiger charge is 2.18. The molecule has 1 saturated heterocycles. The minimum absolute atomic E-state index is 0.0482. The number of aryl methyl sites for hydroxylation is 2. The number of likely N-dealkylation sites (tertiary alicyclic amines) is 1. The lowest BCUT2D eigenvalue weighted by molar-refractivity contribution is -0.117. The molecular formula is C13H22N4O. The summed E-state index contributed by atoms with van der Waals surface area (Å²) in [5.41, 5.74) is 0.916. The van der Waals surface area contributed by atoms with Crippen LogP contribution in [0.2, 0.25) is 0 Å². The van der Waals surface area contributed by atoms with Crippen molar-refractivity contribution in [2.75, 3.05) is 25.0 Å². The van der Waals surface area contributed by atoms with Crippen LogP contribution in [0.5, 0.6) is 0 Å². The highest BCUT2D eigenvalue weighted by molar-refractivity contribution is 5.91. The van der Waals surface area contributed by atoms with Crippen molar-refractivity contribution in [2.24, 2.45) is 13.0 Å². The Morgan fingerprint density at radius 1 is 1.61 bits per heavy atom. The van der Waals surface area contributed by atoms with Gasteiger partial charge in [0.25, 0.3) is 0 Å². The lowest BCUT2D eigenvalue weighted by Crippen LogP contribution is -2.39. The molecule has 5 heteroatoms. The molecule has 0 aliphatic carbocycles. The number of carbonyl (C=O) groups excluding carboxylic acids is 1. The number of aromatic nitrogens is 2. The summed E-state index contributed by atoms with van der Waals surface area (Å²) in [7, 11) is 1.84. The Morgan fingerprint density at radius 3 is 3.00 bits per heavy atom. The Labute approximate surface area is 108 Å². The van der Waals surface area contributed by atoms with Gasteiger partial charge in [-0.25, -0.2) is 0 Å². The van der Waals surface area contributed by atoms with Crippen molar-refractivity contribution < 1.29 is 4.79 Å². The second-order valence-corrected chi connectivity index (χ2v) is 5.33. The highest BCUT2D eigenvalue weighted by Crippen LogP contribution is 2.15. The topological polar surface area (TPSA) is 50.2 Å². The molecule has 0 aromatic carbocycles. The molecule has 0 saturated carbocycles. The van der Waals surface area contributed by atoms with E-state index in [1.54, 1.807) is 4.68 Å². The molecule has 1 N–H and O–H groups in total. The number of nitrogens with zero attached hydrogens (tertiary/aromatic N) is 3. The van der Waals surface area contributed by atoms with Crippen LogP contribution in [0.4, 0.5) is 5.82 Å². The number of rotatable bonds is 3. The van der Waals surface area contributed by atoms with Crippen LogP contribution in [0.15, 0.2) is 6.07 Å². The molecule has 18 heavy (non-hydrogen) atoms. The summed E-state index contributed by atoms with van der Waals surface area (Å²) in [6, 6.07) is 1.89. The fourth-order valence-corrected chi connectivity index (χ4v) is 2.54. The maximum absolute atomic E-state index is 12.0. The van der Waals surface area contributed by atoms with E-state index in [2.05, 4.69) is 22.2 Å². The summed E-state index contributed by atoms with van der Waals surface area (Å²) in [5.74, 6) is 1.51. The molecule has 2 rings (SSSR count). The van der Waals surface area contributed by atoms with Gasteiger partial charge in [0.2, 0.25) is 5.91 Å². The van der Waals surface area contributed by atoms with Crippen LogP contribution < -0.4 is 5.32 Å². The van der Waals surface area contributed by atoms with Crippen molar-refractivity contribution in [1.29, 1.82) is 0 Å². The van der Waals surface area contributed by atoms with E-state index < -0.39 is 0 Å². The van der Waals surface area contributed by atoms with Gasteiger partial charge in [-0.15, -0.1) is 0 Å². The van der Waals surface area contributed by atoms with Crippen molar-refractivity contribution in [3.8, 4) is 0 Å². The molecule has 2 heterocycles. The second kappa shape index (κ2) is 5.52. The smallest absolute Gasteiger partial charge is 0.239 e. The van der Waals surface area contributed by atoms with Gasteiger partial charge >= 0.3 is 0 Å². The first kappa shape index (κ1) is 13.1. The molecule has 0 radical (unpaired) electrons. The molecule has 1 aliphatic rings. The summed E-state index contributed by atoms with van der Waals surface area (Å²) < 4.78 is 1.70. The molecule has 0 spiro atoms. The number of carbonyl (C=O) groups is 1. The van der Waals surface area contributed by atoms with E-state index in [9.17, 15) is 4.79 Å². The molecule has 1 aromatic rings. The van der Waals surface area contributed by atoms with E-state index in [-0.39, 0.29) is 5.91 Å². The van der Waals surface area contributed by atoms with Crippen LogP contribution in [0.1, 0.15) is 25.5 Å². The SMILES string of the molecule is Cc1cc(NC(=O)CN2CCC[C@H](C)C2)n(C)n1. The standard InChI is InChI=1S/C13H22N4O/c1-10-5-4-6-17(8-10)9-13(18)14-12-7-11(2)15-16(12)3/h7,10H,4-6,8-9H2,1-3H3,(H,14,18)/t10-/m0/s1. The van der Waals surface area contributed by atoms with E-state index in [1.165, 1.54) is 12.8 Å². The van der Waals surface area contributed by atoms with Crippen molar-refractivity contribution in [3.63, 3.8) is 0 Å². The first-order valence-corrected chi connectivity index (χ1v) is 6.57. The first-order valence-electron chi connectivity index (χ1n) is 6.57. The Morgan fingerprint density at radius 2 is 2.39 bits per heavy atom. The predicted octanol–water partition coefficient (Wildman–Crippen LogP) is 1.40. The molecule has 1 aliphatic heterocycles. The lowest BCUT2D eigenvalue weighted by Gasteiger charge is -2.30. The Balaban J connectivity index is 1.86. The number of hydrogen-bond donors (Lipinski definition) is 1. The highest BCUT2D eigenvalue weighted by atomic mass is 16.2. The van der Waals surface area contributed by atoms with Gasteiger partial charge in [0.15, 0.2) is 0 Å². The van der Waals surface area contributed by atoms with E-state index in [0.29, 0.717) is 12.5 Å². The maximum Gasteiger partial charge on any atom is 0.239 e. The van der Waals surface area contributed by atoms with Crippen LogP contribution in [0, 0.1) is 12.8 Å². The largest absolute Gasteiger partial charge is 0.310 e. The van der Waals surface area contributed by atoms with Gasteiger partial charge in [0, 0.05) is 19.7 Å². The third-order valence-corrected chi connectivity index (χ3v) is 3.38. The van der Waals surface area contributed by atoms with E-state index >= 15 is 0 Å². The number of hydrogen-bond acceptors (Lipinski definition) is 3. The van der Waals surface area contributed by atoms with E-state index in [1.807, 2.05) is 20.0 Å². The number of piperidine rings is 1. The average Bonchev–Trinajstić information content (AvgIpc) is 2.57. The third kappa shape index (κ3) is 3.32. The van der Waals surface area contributed by atoms with E-state index in [4.69, 9.17) is 0 Å². The van der Waals surface area contributed by atoms with Gasteiger partial charge in [0.05, 0.1) is 12.2 Å². The molecule has 1 fully saturated rings. The zero-order valence-corrected chi connectivity index (χ0v) is 11.4. The molecular weight excluding hydrogens is 228 g/mol. The van der Waals surface area contributed by atoms with Crippen LogP contribution >= 0.6 is 0 Å². The van der Waals surface area contributed by atoms with E-state index in [0.717, 1.165) is 24.6 Å². The molecule has 1 atom stereocenters. The van der Waals surface area contributed by atoms with Crippen LogP contribution in [-0.2, 0) is 11.8 Å². The van der Waals surface area contributed by atoms with Gasteiger partial charge in [-0.1, -0.05) is 6.92 Å². The van der Waals surface area contributed by atoms with Gasteiger partial charge in [-0.05, 0) is 32.2 Å². The second-order valence-electron chi connectivity index (χ2n) is 5.33. The summed E-state index contributed by atoms with van der Waals surface area (Å²) in [5, 5.41) is 7.12. The molecule has 0 bridgehead atoms. The normalized spacial score (nSPS) is 20.9. The summed E-state index contributed by atoms with van der Waals surface area (Å²) in [6.07, 6.45) is 2.47. The predicted molar refractivity (Wildman–Crippen MR) is 71.4 cm³/mol. The molecule has 100 valence electrons. The summed E-state index contributed by atoms with van der Waals surface area (Å²) in [6.45, 7) is 6.70. The van der Waals surface area contributed by atoms with Crippen molar-refractivity contribution >= 4 is 11.7 Å². The Hall–Kier alpha value is -1.36. The molecule has 1 amide bonds. The lowest BCUT2D eigenvalue weighted by atomic mass is 10.0. The zero-order chi connectivity index (χ0) is 13.1. The van der Waals surface area contributed by atoms with Crippen LogP contribution in [0.3, 0.4) is 0 Å². The third-order valence-electron chi connectivity index (χ3n) is 3.38. The number of amides is 1. The van der Waals surface area contributed by atoms with Gasteiger partial charge in [0.1, 0.15) is 5.82 Å². The van der Waals surface area contributed by atoms with Crippen LogP contribution in [-0.4, -0.2) is 40.2 Å². The summed E-state index contributed by atoms with van der Waals surface area (Å²) in [4.78, 5) is 14.2. The Kier molecular flexibility index (Phi) is 4.01. The number of nitrogens with one attached hydrogen (secondary N) is 1. The monoisotopic (exact) mass is 250 g/mol. The summed E-state index contributed by atoms with van der Waals surface area (Å²) >= 11 is 0. The van der Waals surface area contributed by atoms with Crippen molar-refractivity contribution in [2.45, 2.75) is 26.7 Å². The zero-order valence-electron chi connectivity index (χ0n) is 11.4. The first-order chi connectivity index (χ1) is 8.54. The Bertz CT molecular complexity index is 427. The van der Waals surface area contributed by atoms with Gasteiger partial charge in [-0.2, -0.15) is 5.10 Å².